The van der Waals surface area contributed by atoms with Gasteiger partial charge in [0.25, 0.3) is 5.56 Å². The van der Waals surface area contributed by atoms with Crippen molar-refractivity contribution < 1.29 is 18.9 Å². The van der Waals surface area contributed by atoms with Crippen LogP contribution in [0.4, 0.5) is 0 Å². The van der Waals surface area contributed by atoms with Crippen molar-refractivity contribution in [3.8, 4) is 34.3 Å². The van der Waals surface area contributed by atoms with Crippen LogP contribution in [-0.4, -0.2) is 108 Å². The molecular formula is C30H42N6O5. The zero-order chi connectivity index (χ0) is 28.0. The molecule has 11 heteroatoms. The number of hydrogen-bond acceptors (Lipinski definition) is 9. The topological polar surface area (TPSA) is 107 Å². The van der Waals surface area contributed by atoms with Crippen LogP contribution in [0.1, 0.15) is 44.3 Å². The molecule has 0 amide bonds. The normalized spacial score (nSPS) is 19.2. The molecule has 0 atom stereocenters. The van der Waals surface area contributed by atoms with Gasteiger partial charge >= 0.3 is 0 Å². The summed E-state index contributed by atoms with van der Waals surface area (Å²) in [5.74, 6) is 2.45. The van der Waals surface area contributed by atoms with E-state index in [4.69, 9.17) is 23.9 Å². The molecule has 1 saturated carbocycles. The first-order valence-corrected chi connectivity index (χ1v) is 15.2. The first-order valence-electron chi connectivity index (χ1n) is 15.2. The summed E-state index contributed by atoms with van der Waals surface area (Å²) in [5.41, 5.74) is 1.97. The summed E-state index contributed by atoms with van der Waals surface area (Å²) < 4.78 is 25.5. The number of H-pyrrole nitrogens is 1. The van der Waals surface area contributed by atoms with Gasteiger partial charge in [0, 0.05) is 56.6 Å². The number of nitrogens with zero attached hydrogens (tertiary/aromatic N) is 5. The number of rotatable bonds is 11. The van der Waals surface area contributed by atoms with Gasteiger partial charge in [-0.25, -0.2) is 4.98 Å². The fourth-order valence-corrected chi connectivity index (χ4v) is 6.04. The molecule has 1 aromatic rings. The van der Waals surface area contributed by atoms with E-state index in [0.29, 0.717) is 53.5 Å². The summed E-state index contributed by atoms with van der Waals surface area (Å²) in [6.45, 7) is 11.5. The number of ether oxygens (including phenoxy) is 4. The van der Waals surface area contributed by atoms with Crippen molar-refractivity contribution in [3.63, 3.8) is 0 Å². The van der Waals surface area contributed by atoms with Crippen LogP contribution in [0.3, 0.4) is 0 Å². The van der Waals surface area contributed by atoms with E-state index >= 15 is 0 Å². The Morgan fingerprint density at radius 1 is 0.878 bits per heavy atom. The third-order valence-electron chi connectivity index (χ3n) is 8.38. The molecule has 11 nitrogen and oxygen atoms in total. The Bertz CT molecular complexity index is 1260. The van der Waals surface area contributed by atoms with E-state index in [1.54, 1.807) is 0 Å². The van der Waals surface area contributed by atoms with Crippen LogP contribution in [0.25, 0.3) is 22.8 Å². The maximum atomic E-state index is 13.4. The van der Waals surface area contributed by atoms with Gasteiger partial charge in [0.15, 0.2) is 11.6 Å². The predicted molar refractivity (Wildman–Crippen MR) is 155 cm³/mol. The lowest BCUT2D eigenvalue weighted by Crippen LogP contribution is -2.38. The van der Waals surface area contributed by atoms with E-state index in [0.717, 1.165) is 90.7 Å². The molecule has 4 aliphatic heterocycles. The zero-order valence-electron chi connectivity index (χ0n) is 24.1. The Labute approximate surface area is 241 Å². The molecule has 222 valence electrons. The highest BCUT2D eigenvalue weighted by Crippen LogP contribution is 2.35. The lowest BCUT2D eigenvalue weighted by molar-refractivity contribution is 0.0319. The molecule has 0 radical (unpaired) electrons. The number of nitrogens with one attached hydrogen (secondary N) is 1. The van der Waals surface area contributed by atoms with E-state index in [2.05, 4.69) is 31.5 Å². The average molecular weight is 567 g/mol. The van der Waals surface area contributed by atoms with Gasteiger partial charge in [0.1, 0.15) is 30.3 Å². The van der Waals surface area contributed by atoms with Crippen molar-refractivity contribution in [2.24, 2.45) is 0 Å². The Morgan fingerprint density at radius 3 is 2.02 bits per heavy atom. The van der Waals surface area contributed by atoms with Gasteiger partial charge in [-0.2, -0.15) is 4.98 Å². The van der Waals surface area contributed by atoms with Crippen molar-refractivity contribution in [3.05, 3.63) is 34.2 Å². The van der Waals surface area contributed by atoms with E-state index in [1.807, 2.05) is 18.2 Å². The summed E-state index contributed by atoms with van der Waals surface area (Å²) in [7, 11) is 0. The molecule has 0 spiro atoms. The third kappa shape index (κ3) is 6.74. The van der Waals surface area contributed by atoms with Gasteiger partial charge in [-0.15, -0.1) is 0 Å². The SMILES string of the molecule is CCc1[nH]n(C2CCCC2)c2nc(-c3cc(OCCN4CCOCC4)cc(OCCN4CCOCC4)c3)nc(=O)c1-2. The Morgan fingerprint density at radius 2 is 1.46 bits per heavy atom. The highest BCUT2D eigenvalue weighted by Gasteiger charge is 2.28. The van der Waals surface area contributed by atoms with Crippen LogP contribution >= 0.6 is 0 Å². The van der Waals surface area contributed by atoms with Gasteiger partial charge in [-0.05, 0) is 31.4 Å². The number of hydrogen-bond donors (Lipinski definition) is 1. The Balaban J connectivity index is 1.27. The second-order valence-electron chi connectivity index (χ2n) is 11.1. The van der Waals surface area contributed by atoms with Crippen LogP contribution in [0.2, 0.25) is 0 Å². The van der Waals surface area contributed by atoms with Gasteiger partial charge in [0.05, 0.1) is 32.5 Å². The van der Waals surface area contributed by atoms with Crippen molar-refractivity contribution in [2.45, 2.75) is 45.1 Å². The smallest absolute Gasteiger partial charge is 0.284 e. The highest BCUT2D eigenvalue weighted by atomic mass is 16.5. The lowest BCUT2D eigenvalue weighted by Gasteiger charge is -2.26. The van der Waals surface area contributed by atoms with E-state index in [1.165, 1.54) is 12.8 Å². The Kier molecular flexibility index (Phi) is 9.15. The minimum atomic E-state index is -0.247. The monoisotopic (exact) mass is 566 g/mol. The number of benzene rings is 1. The van der Waals surface area contributed by atoms with Crippen LogP contribution in [0, 0.1) is 0 Å². The van der Waals surface area contributed by atoms with Gasteiger partial charge in [-0.1, -0.05) is 19.8 Å². The number of fused-ring (bicyclic) bond motifs is 1. The summed E-state index contributed by atoms with van der Waals surface area (Å²) in [5, 5.41) is 3.48. The minimum absolute atomic E-state index is 0.247. The van der Waals surface area contributed by atoms with Crippen molar-refractivity contribution in [1.29, 1.82) is 0 Å². The second kappa shape index (κ2) is 13.3. The summed E-state index contributed by atoms with van der Waals surface area (Å²) in [4.78, 5) is 27.5. The standard InChI is InChI=1S/C30H42N6O5/c1-2-26-27-29(36(33-26)23-5-3-4-6-23)31-28(32-30(27)37)22-19-24(40-17-11-34-7-13-38-14-8-34)21-25(20-22)41-18-12-35-9-15-39-16-10-35/h19-21,23,33H,2-18H2,1H3. The van der Waals surface area contributed by atoms with Crippen molar-refractivity contribution >= 4 is 0 Å². The largest absolute Gasteiger partial charge is 0.492 e. The lowest BCUT2D eigenvalue weighted by atomic mass is 10.1. The summed E-state index contributed by atoms with van der Waals surface area (Å²) in [6, 6.07) is 6.08. The maximum absolute atomic E-state index is 13.4. The van der Waals surface area contributed by atoms with Crippen molar-refractivity contribution in [2.75, 3.05) is 78.9 Å². The molecule has 3 fully saturated rings. The fourth-order valence-electron chi connectivity index (χ4n) is 6.04. The maximum Gasteiger partial charge on any atom is 0.284 e. The molecule has 41 heavy (non-hydrogen) atoms. The van der Waals surface area contributed by atoms with Crippen molar-refractivity contribution in [1.82, 2.24) is 29.5 Å². The molecule has 4 heterocycles. The highest BCUT2D eigenvalue weighted by molar-refractivity contribution is 5.67. The number of aromatic amines is 1. The molecule has 1 aliphatic carbocycles. The van der Waals surface area contributed by atoms with Gasteiger partial charge in [-0.3, -0.25) is 24.4 Å². The van der Waals surface area contributed by atoms with E-state index in [9.17, 15) is 4.79 Å². The van der Waals surface area contributed by atoms with Crippen LogP contribution in [0.15, 0.2) is 23.0 Å². The molecular weight excluding hydrogens is 524 g/mol. The van der Waals surface area contributed by atoms with Gasteiger partial charge in [0.2, 0.25) is 0 Å². The minimum Gasteiger partial charge on any atom is -0.492 e. The second-order valence-corrected chi connectivity index (χ2v) is 11.1. The average Bonchev–Trinajstić information content (AvgIpc) is 3.67. The zero-order valence-corrected chi connectivity index (χ0v) is 24.1. The molecule has 0 aromatic heterocycles. The number of aryl methyl sites for hydroxylation is 1. The van der Waals surface area contributed by atoms with Crippen LogP contribution < -0.4 is 15.0 Å². The fraction of sp³-hybridized carbons (Fsp3) is 0.633. The summed E-state index contributed by atoms with van der Waals surface area (Å²) >= 11 is 0. The molecule has 2 saturated heterocycles. The summed E-state index contributed by atoms with van der Waals surface area (Å²) in [6.07, 6.45) is 5.28. The van der Waals surface area contributed by atoms with E-state index in [-0.39, 0.29) is 5.56 Å². The first-order chi connectivity index (χ1) is 20.2. The molecule has 0 unspecified atom stereocenters. The molecule has 1 N–H and O–H groups in total. The first kappa shape index (κ1) is 28.1. The molecule has 5 aliphatic rings. The quantitative estimate of drug-likeness (QED) is 0.375. The number of aromatic nitrogens is 4. The van der Waals surface area contributed by atoms with Gasteiger partial charge < -0.3 is 18.9 Å². The number of morpholine rings is 2. The third-order valence-corrected chi connectivity index (χ3v) is 8.38. The molecule has 6 rings (SSSR count). The van der Waals surface area contributed by atoms with E-state index < -0.39 is 0 Å². The Hall–Kier alpha value is -2.99. The predicted octanol–water partition coefficient (Wildman–Crippen LogP) is 2.84. The molecule has 1 aromatic carbocycles. The molecule has 0 bridgehead atoms. The van der Waals surface area contributed by atoms with Crippen LogP contribution in [-0.2, 0) is 15.9 Å². The van der Waals surface area contributed by atoms with Crippen LogP contribution in [0.5, 0.6) is 11.5 Å².